The fourth-order valence-corrected chi connectivity index (χ4v) is 6.18. The van der Waals surface area contributed by atoms with Gasteiger partial charge in [-0.25, -0.2) is 0 Å². The van der Waals surface area contributed by atoms with Crippen molar-refractivity contribution in [3.8, 4) is 22.6 Å². The Balaban J connectivity index is 2.77. The van der Waals surface area contributed by atoms with Crippen molar-refractivity contribution in [2.24, 2.45) is 11.8 Å². The summed E-state index contributed by atoms with van der Waals surface area (Å²) in [7, 11) is 4.91. The lowest BCUT2D eigenvalue weighted by Crippen LogP contribution is -2.26. The smallest absolute Gasteiger partial charge is 0.127 e. The normalized spacial score (nSPS) is 13.3. The Morgan fingerprint density at radius 1 is 0.633 bits per heavy atom. The summed E-state index contributed by atoms with van der Waals surface area (Å²) in [6.45, 7) is 18.7. The van der Waals surface area contributed by atoms with E-state index < -0.39 is 0 Å². The molecule has 0 aromatic heterocycles. The SMILES string of the molecule is COc1cccc(PC(C)(C)C(C)C)c1-c1c(OC)cccc1PC(C)(C)C(C)C. The Hall–Kier alpha value is -1.10. The molecular weight excluding hydrogens is 406 g/mol. The number of benzene rings is 2. The molecule has 0 fully saturated rings. The summed E-state index contributed by atoms with van der Waals surface area (Å²) in [5.74, 6) is 3.04. The first-order chi connectivity index (χ1) is 13.9. The molecule has 0 amide bonds. The Kier molecular flexibility index (Phi) is 8.40. The molecule has 4 heteroatoms. The Labute approximate surface area is 188 Å². The van der Waals surface area contributed by atoms with Gasteiger partial charge in [0.2, 0.25) is 0 Å². The zero-order valence-electron chi connectivity index (χ0n) is 20.4. The van der Waals surface area contributed by atoms with Crippen LogP contribution in [0.25, 0.3) is 11.1 Å². The van der Waals surface area contributed by atoms with E-state index in [0.29, 0.717) is 29.0 Å². The van der Waals surface area contributed by atoms with Crippen LogP contribution in [0.4, 0.5) is 0 Å². The molecule has 0 heterocycles. The molecule has 0 saturated heterocycles. The molecule has 0 aliphatic heterocycles. The fourth-order valence-electron chi connectivity index (χ4n) is 3.11. The first-order valence-corrected chi connectivity index (χ1v) is 12.8. The first kappa shape index (κ1) is 25.2. The molecule has 2 aromatic rings. The summed E-state index contributed by atoms with van der Waals surface area (Å²) in [6, 6.07) is 12.9. The van der Waals surface area contributed by atoms with Crippen molar-refractivity contribution in [3.05, 3.63) is 36.4 Å². The molecule has 0 bridgehead atoms. The highest BCUT2D eigenvalue weighted by molar-refractivity contribution is 7.50. The van der Waals surface area contributed by atoms with Gasteiger partial charge in [0.1, 0.15) is 11.5 Å². The highest BCUT2D eigenvalue weighted by Gasteiger charge is 2.29. The summed E-state index contributed by atoms with van der Waals surface area (Å²) >= 11 is 0. The molecule has 0 aliphatic carbocycles. The Morgan fingerprint density at radius 2 is 0.967 bits per heavy atom. The number of rotatable bonds is 9. The molecular formula is C26H40O2P2. The maximum absolute atomic E-state index is 5.90. The number of hydrogen-bond acceptors (Lipinski definition) is 2. The van der Waals surface area contributed by atoms with Crippen molar-refractivity contribution < 1.29 is 9.47 Å². The van der Waals surface area contributed by atoms with Gasteiger partial charge < -0.3 is 9.47 Å². The zero-order valence-corrected chi connectivity index (χ0v) is 22.4. The quantitative estimate of drug-likeness (QED) is 0.392. The van der Waals surface area contributed by atoms with E-state index in [4.69, 9.17) is 9.47 Å². The van der Waals surface area contributed by atoms with Gasteiger partial charge in [0.15, 0.2) is 0 Å². The van der Waals surface area contributed by atoms with Gasteiger partial charge in [0, 0.05) is 11.1 Å². The zero-order chi connectivity index (χ0) is 22.7. The second kappa shape index (κ2) is 10.0. The third-order valence-electron chi connectivity index (χ3n) is 6.54. The summed E-state index contributed by atoms with van der Waals surface area (Å²) in [5, 5.41) is 3.13. The summed E-state index contributed by atoms with van der Waals surface area (Å²) in [4.78, 5) is 0. The van der Waals surface area contributed by atoms with Gasteiger partial charge in [-0.05, 0) is 44.9 Å². The van der Waals surface area contributed by atoms with Gasteiger partial charge in [0.05, 0.1) is 14.2 Å². The molecule has 2 atom stereocenters. The number of ether oxygens (including phenoxy) is 2. The second-order valence-corrected chi connectivity index (χ2v) is 13.9. The van der Waals surface area contributed by atoms with Crippen LogP contribution in [0, 0.1) is 11.8 Å². The molecule has 2 aromatic carbocycles. The third-order valence-corrected chi connectivity index (χ3v) is 10.4. The lowest BCUT2D eigenvalue weighted by Gasteiger charge is -2.33. The highest BCUT2D eigenvalue weighted by Crippen LogP contribution is 2.46. The van der Waals surface area contributed by atoms with Crippen LogP contribution >= 0.6 is 17.2 Å². The fraction of sp³-hybridized carbons (Fsp3) is 0.538. The largest absolute Gasteiger partial charge is 0.496 e. The molecule has 0 radical (unpaired) electrons. The molecule has 0 N–H and O–H groups in total. The number of hydrogen-bond donors (Lipinski definition) is 0. The van der Waals surface area contributed by atoms with Crippen LogP contribution in [0.1, 0.15) is 55.4 Å². The molecule has 0 saturated carbocycles. The lowest BCUT2D eigenvalue weighted by molar-refractivity contribution is 0.411. The van der Waals surface area contributed by atoms with Gasteiger partial charge in [-0.1, -0.05) is 96.8 Å². The number of methoxy groups -OCH3 is 2. The molecule has 2 nitrogen and oxygen atoms in total. The first-order valence-electron chi connectivity index (χ1n) is 10.8. The molecule has 0 aliphatic rings. The highest BCUT2D eigenvalue weighted by atomic mass is 31.1. The summed E-state index contributed by atoms with van der Waals surface area (Å²) in [5.41, 5.74) is 2.40. The molecule has 30 heavy (non-hydrogen) atoms. The summed E-state index contributed by atoms with van der Waals surface area (Å²) in [6.07, 6.45) is 0. The molecule has 2 unspecified atom stereocenters. The van der Waals surface area contributed by atoms with E-state index in [0.717, 1.165) is 11.5 Å². The molecule has 2 rings (SSSR count). The van der Waals surface area contributed by atoms with Crippen LogP contribution in [0.3, 0.4) is 0 Å². The van der Waals surface area contributed by atoms with E-state index >= 15 is 0 Å². The van der Waals surface area contributed by atoms with E-state index in [-0.39, 0.29) is 10.3 Å². The van der Waals surface area contributed by atoms with E-state index in [1.165, 1.54) is 21.7 Å². The standard InChI is InChI=1S/C26H40O2P2/c1-17(2)25(5,6)29-21-15-11-13-19(27-9)23(21)24-20(28-10)14-12-16-22(24)30-26(7,8)18(3)4/h11-18,29-30H,1-10H3. The molecule has 166 valence electrons. The van der Waals surface area contributed by atoms with Crippen LogP contribution in [0.2, 0.25) is 0 Å². The minimum atomic E-state index is 0.211. The minimum Gasteiger partial charge on any atom is -0.496 e. The van der Waals surface area contributed by atoms with Crippen molar-refractivity contribution in [2.45, 2.75) is 65.7 Å². The Morgan fingerprint density at radius 3 is 1.23 bits per heavy atom. The minimum absolute atomic E-state index is 0.211. The van der Waals surface area contributed by atoms with E-state index in [1.807, 2.05) is 0 Å². The van der Waals surface area contributed by atoms with Crippen molar-refractivity contribution in [1.82, 2.24) is 0 Å². The van der Waals surface area contributed by atoms with Crippen LogP contribution in [-0.4, -0.2) is 24.5 Å². The van der Waals surface area contributed by atoms with Gasteiger partial charge in [-0.2, -0.15) is 0 Å². The van der Waals surface area contributed by atoms with Gasteiger partial charge in [-0.15, -0.1) is 0 Å². The van der Waals surface area contributed by atoms with Crippen molar-refractivity contribution in [2.75, 3.05) is 14.2 Å². The lowest BCUT2D eigenvalue weighted by atomic mass is 9.99. The van der Waals surface area contributed by atoms with Gasteiger partial charge in [-0.3, -0.25) is 0 Å². The van der Waals surface area contributed by atoms with E-state index in [2.05, 4.69) is 91.8 Å². The average molecular weight is 447 g/mol. The van der Waals surface area contributed by atoms with E-state index in [9.17, 15) is 0 Å². The predicted molar refractivity (Wildman–Crippen MR) is 139 cm³/mol. The van der Waals surface area contributed by atoms with Crippen LogP contribution < -0.4 is 20.1 Å². The Bertz CT molecular complexity index is 783. The van der Waals surface area contributed by atoms with Gasteiger partial charge in [0.25, 0.3) is 0 Å². The maximum atomic E-state index is 5.90. The van der Waals surface area contributed by atoms with Crippen molar-refractivity contribution in [1.29, 1.82) is 0 Å². The maximum Gasteiger partial charge on any atom is 0.127 e. The van der Waals surface area contributed by atoms with E-state index in [1.54, 1.807) is 14.2 Å². The monoisotopic (exact) mass is 446 g/mol. The van der Waals surface area contributed by atoms with Crippen LogP contribution in [0.5, 0.6) is 11.5 Å². The second-order valence-electron chi connectivity index (χ2n) is 9.77. The van der Waals surface area contributed by atoms with Gasteiger partial charge >= 0.3 is 0 Å². The topological polar surface area (TPSA) is 18.5 Å². The summed E-state index contributed by atoms with van der Waals surface area (Å²) < 4.78 is 11.8. The average Bonchev–Trinajstić information content (AvgIpc) is 2.67. The van der Waals surface area contributed by atoms with Crippen LogP contribution in [0.15, 0.2) is 36.4 Å². The third kappa shape index (κ3) is 5.57. The van der Waals surface area contributed by atoms with Crippen molar-refractivity contribution >= 4 is 27.8 Å². The van der Waals surface area contributed by atoms with Crippen molar-refractivity contribution in [3.63, 3.8) is 0 Å². The molecule has 0 spiro atoms. The predicted octanol–water partition coefficient (Wildman–Crippen LogP) is 6.85. The van der Waals surface area contributed by atoms with Crippen LogP contribution in [-0.2, 0) is 0 Å².